The Morgan fingerprint density at radius 3 is 2.65 bits per heavy atom. The topological polar surface area (TPSA) is 99.2 Å². The summed E-state index contributed by atoms with van der Waals surface area (Å²) in [5.74, 6) is -0.537. The highest BCUT2D eigenvalue weighted by Gasteiger charge is 2.18. The van der Waals surface area contributed by atoms with E-state index in [1.54, 1.807) is 16.8 Å². The number of benzene rings is 1. The van der Waals surface area contributed by atoms with Gasteiger partial charge in [0.05, 0.1) is 11.8 Å². The third-order valence-corrected chi connectivity index (χ3v) is 4.64. The van der Waals surface area contributed by atoms with Gasteiger partial charge >= 0.3 is 0 Å². The van der Waals surface area contributed by atoms with Gasteiger partial charge in [0, 0.05) is 30.0 Å². The molecule has 0 saturated carbocycles. The van der Waals surface area contributed by atoms with Crippen molar-refractivity contribution in [3.05, 3.63) is 41.2 Å². The number of aryl methyl sites for hydroxylation is 1. The van der Waals surface area contributed by atoms with Crippen LogP contribution in [0.25, 0.3) is 11.1 Å². The average Bonchev–Trinajstić information content (AvgIpc) is 3.21. The van der Waals surface area contributed by atoms with E-state index in [0.29, 0.717) is 12.1 Å². The first-order valence-corrected chi connectivity index (χ1v) is 8.78. The molecule has 1 aromatic heterocycles. The van der Waals surface area contributed by atoms with E-state index >= 15 is 0 Å². The van der Waals surface area contributed by atoms with Crippen molar-refractivity contribution in [2.45, 2.75) is 39.3 Å². The van der Waals surface area contributed by atoms with Gasteiger partial charge in [-0.1, -0.05) is 12.1 Å². The Kier molecular flexibility index (Phi) is 5.37. The molecule has 138 valence electrons. The van der Waals surface area contributed by atoms with Gasteiger partial charge in [-0.15, -0.1) is 0 Å². The summed E-state index contributed by atoms with van der Waals surface area (Å²) in [6, 6.07) is 7.38. The zero-order chi connectivity index (χ0) is 18.7. The van der Waals surface area contributed by atoms with E-state index in [1.165, 1.54) is 0 Å². The lowest BCUT2D eigenvalue weighted by Crippen LogP contribution is -2.31. The van der Waals surface area contributed by atoms with Crippen molar-refractivity contribution >= 4 is 11.8 Å². The quantitative estimate of drug-likeness (QED) is 0.820. The number of carbonyl (C=O) groups is 2. The molecule has 7 heteroatoms. The molecule has 1 aromatic carbocycles. The summed E-state index contributed by atoms with van der Waals surface area (Å²) in [6.45, 7) is 5.16. The third kappa shape index (κ3) is 3.94. The maximum Gasteiger partial charge on any atom is 0.251 e. The van der Waals surface area contributed by atoms with Gasteiger partial charge in [-0.05, 0) is 44.4 Å². The van der Waals surface area contributed by atoms with E-state index in [2.05, 4.69) is 10.4 Å². The van der Waals surface area contributed by atoms with Crippen LogP contribution in [0.3, 0.4) is 0 Å². The number of hydrogen-bond acceptors (Lipinski definition) is 4. The van der Waals surface area contributed by atoms with Crippen LogP contribution < -0.4 is 11.1 Å². The second-order valence-electron chi connectivity index (χ2n) is 6.59. The molecule has 7 nitrogen and oxygen atoms in total. The molecule has 0 unspecified atom stereocenters. The molecule has 3 N–H and O–H groups in total. The van der Waals surface area contributed by atoms with Gasteiger partial charge in [0.25, 0.3) is 5.91 Å². The predicted octanol–water partition coefficient (Wildman–Crippen LogP) is 1.56. The number of amides is 2. The van der Waals surface area contributed by atoms with E-state index in [4.69, 9.17) is 10.5 Å². The lowest BCUT2D eigenvalue weighted by Gasteiger charge is -2.11. The minimum atomic E-state index is -0.430. The highest BCUT2D eigenvalue weighted by molar-refractivity contribution is 5.94. The van der Waals surface area contributed by atoms with Crippen LogP contribution in [0.4, 0.5) is 0 Å². The molecule has 0 radical (unpaired) electrons. The summed E-state index contributed by atoms with van der Waals surface area (Å²) in [5.41, 5.74) is 9.47. The molecule has 1 atom stereocenters. The van der Waals surface area contributed by atoms with Gasteiger partial charge in [-0.25, -0.2) is 0 Å². The van der Waals surface area contributed by atoms with Crippen LogP contribution in [0.15, 0.2) is 24.3 Å². The Morgan fingerprint density at radius 1 is 1.31 bits per heavy atom. The molecule has 1 fully saturated rings. The summed E-state index contributed by atoms with van der Waals surface area (Å²) in [6.07, 6.45) is 2.17. The fraction of sp³-hybridized carbons (Fsp3) is 0.421. The second-order valence-corrected chi connectivity index (χ2v) is 6.59. The van der Waals surface area contributed by atoms with Crippen molar-refractivity contribution in [1.29, 1.82) is 0 Å². The normalized spacial score (nSPS) is 16.6. The molecular weight excluding hydrogens is 332 g/mol. The van der Waals surface area contributed by atoms with Crippen molar-refractivity contribution < 1.29 is 14.3 Å². The molecule has 26 heavy (non-hydrogen) atoms. The van der Waals surface area contributed by atoms with Crippen molar-refractivity contribution in [2.24, 2.45) is 5.73 Å². The van der Waals surface area contributed by atoms with Crippen molar-refractivity contribution in [1.82, 2.24) is 15.1 Å². The lowest BCUT2D eigenvalue weighted by atomic mass is 10.0. The van der Waals surface area contributed by atoms with E-state index in [0.717, 1.165) is 42.0 Å². The Labute approximate surface area is 152 Å². The SMILES string of the molecule is Cc1nn(CC(N)=O)c(C)c1-c1ccc(C(=O)NC[C@H]2CCCO2)cc1. The Hall–Kier alpha value is -2.67. The first kappa shape index (κ1) is 18.1. The molecule has 1 aliphatic rings. The summed E-state index contributed by atoms with van der Waals surface area (Å²) >= 11 is 0. The maximum atomic E-state index is 12.3. The molecule has 2 amide bonds. The Morgan fingerprint density at radius 2 is 2.04 bits per heavy atom. The maximum absolute atomic E-state index is 12.3. The number of nitrogens with one attached hydrogen (secondary N) is 1. The number of rotatable bonds is 6. The smallest absolute Gasteiger partial charge is 0.251 e. The van der Waals surface area contributed by atoms with Crippen LogP contribution >= 0.6 is 0 Å². The first-order chi connectivity index (χ1) is 12.5. The number of nitrogens with two attached hydrogens (primary N) is 1. The zero-order valence-electron chi connectivity index (χ0n) is 15.1. The monoisotopic (exact) mass is 356 g/mol. The molecule has 1 saturated heterocycles. The highest BCUT2D eigenvalue weighted by Crippen LogP contribution is 2.27. The summed E-state index contributed by atoms with van der Waals surface area (Å²) in [5, 5.41) is 7.30. The molecule has 0 aliphatic carbocycles. The van der Waals surface area contributed by atoms with Gasteiger partial charge in [-0.3, -0.25) is 14.3 Å². The Bertz CT molecular complexity index is 805. The second kappa shape index (κ2) is 7.70. The predicted molar refractivity (Wildman–Crippen MR) is 97.6 cm³/mol. The number of hydrogen-bond donors (Lipinski definition) is 2. The molecule has 0 bridgehead atoms. The van der Waals surface area contributed by atoms with Gasteiger partial charge in [0.15, 0.2) is 0 Å². The number of carbonyl (C=O) groups excluding carboxylic acids is 2. The minimum Gasteiger partial charge on any atom is -0.376 e. The number of primary amides is 1. The van der Waals surface area contributed by atoms with Crippen molar-refractivity contribution in [3.8, 4) is 11.1 Å². The van der Waals surface area contributed by atoms with Gasteiger partial charge in [-0.2, -0.15) is 5.10 Å². The fourth-order valence-corrected chi connectivity index (χ4v) is 3.32. The molecule has 2 heterocycles. The summed E-state index contributed by atoms with van der Waals surface area (Å²) in [4.78, 5) is 23.4. The van der Waals surface area contributed by atoms with Crippen LogP contribution in [0.2, 0.25) is 0 Å². The summed E-state index contributed by atoms with van der Waals surface area (Å²) in [7, 11) is 0. The molecule has 2 aromatic rings. The van der Waals surface area contributed by atoms with E-state index in [9.17, 15) is 9.59 Å². The van der Waals surface area contributed by atoms with Crippen molar-refractivity contribution in [2.75, 3.05) is 13.2 Å². The van der Waals surface area contributed by atoms with E-state index in [1.807, 2.05) is 26.0 Å². The van der Waals surface area contributed by atoms with Crippen molar-refractivity contribution in [3.63, 3.8) is 0 Å². The number of aromatic nitrogens is 2. The fourth-order valence-electron chi connectivity index (χ4n) is 3.32. The van der Waals surface area contributed by atoms with Crippen LogP contribution in [-0.2, 0) is 16.1 Å². The van der Waals surface area contributed by atoms with Gasteiger partial charge in [0.2, 0.25) is 5.91 Å². The van der Waals surface area contributed by atoms with E-state index in [-0.39, 0.29) is 18.6 Å². The average molecular weight is 356 g/mol. The first-order valence-electron chi connectivity index (χ1n) is 8.78. The third-order valence-electron chi connectivity index (χ3n) is 4.64. The largest absolute Gasteiger partial charge is 0.376 e. The highest BCUT2D eigenvalue weighted by atomic mass is 16.5. The number of ether oxygens (including phenoxy) is 1. The lowest BCUT2D eigenvalue weighted by molar-refractivity contribution is -0.118. The van der Waals surface area contributed by atoms with Gasteiger partial charge in [0.1, 0.15) is 6.54 Å². The summed E-state index contributed by atoms with van der Waals surface area (Å²) < 4.78 is 7.12. The molecule has 3 rings (SSSR count). The van der Waals surface area contributed by atoms with Crippen LogP contribution in [-0.4, -0.2) is 40.9 Å². The van der Waals surface area contributed by atoms with Gasteiger partial charge < -0.3 is 15.8 Å². The molecule has 0 spiro atoms. The molecular formula is C19H24N4O3. The number of nitrogens with zero attached hydrogens (tertiary/aromatic N) is 2. The van der Waals surface area contributed by atoms with Crippen LogP contribution in [0.5, 0.6) is 0 Å². The Balaban J connectivity index is 1.72. The zero-order valence-corrected chi connectivity index (χ0v) is 15.1. The van der Waals surface area contributed by atoms with Crippen LogP contribution in [0, 0.1) is 13.8 Å². The molecule has 1 aliphatic heterocycles. The standard InChI is InChI=1S/C19H24N4O3/c1-12-18(13(2)23(22-12)11-17(20)24)14-5-7-15(8-6-14)19(25)21-10-16-4-3-9-26-16/h5-8,16H,3-4,9-11H2,1-2H3,(H2,20,24)(H,21,25)/t16-/m1/s1. The van der Waals surface area contributed by atoms with Crippen LogP contribution in [0.1, 0.15) is 34.6 Å². The minimum absolute atomic E-state index is 0.0520. The van der Waals surface area contributed by atoms with E-state index < -0.39 is 5.91 Å².